The third kappa shape index (κ3) is 3.24. The average molecular weight is 221 g/mol. The monoisotopic (exact) mass is 221 g/mol. The molecule has 0 fully saturated rings. The molecule has 0 aromatic heterocycles. The number of rotatable bonds is 5. The van der Waals surface area contributed by atoms with E-state index in [4.69, 9.17) is 5.73 Å². The summed E-state index contributed by atoms with van der Waals surface area (Å²) in [4.78, 5) is 0. The highest BCUT2D eigenvalue weighted by molar-refractivity contribution is 5.40. The Labute approximate surface area is 98.5 Å². The zero-order chi connectivity index (χ0) is 12.1. The molecular weight excluding hydrogens is 198 g/mol. The molecule has 2 unspecified atom stereocenters. The Morgan fingerprint density at radius 3 is 2.56 bits per heavy atom. The predicted molar refractivity (Wildman–Crippen MR) is 68.8 cm³/mol. The van der Waals surface area contributed by atoms with Crippen LogP contribution in [0.5, 0.6) is 5.75 Å². The molecule has 0 amide bonds. The summed E-state index contributed by atoms with van der Waals surface area (Å²) >= 11 is 0. The molecule has 0 aliphatic rings. The lowest BCUT2D eigenvalue weighted by Crippen LogP contribution is -2.19. The minimum Gasteiger partial charge on any atom is -0.508 e. The molecule has 2 nitrogen and oxygen atoms in total. The van der Waals surface area contributed by atoms with Gasteiger partial charge in [0, 0.05) is 6.04 Å². The van der Waals surface area contributed by atoms with Gasteiger partial charge in [-0.15, -0.1) is 0 Å². The molecule has 1 rings (SSSR count). The lowest BCUT2D eigenvalue weighted by Gasteiger charge is -2.18. The van der Waals surface area contributed by atoms with Gasteiger partial charge in [-0.2, -0.15) is 0 Å². The van der Waals surface area contributed by atoms with Gasteiger partial charge < -0.3 is 10.8 Å². The SMILES string of the molecule is CCC(N)CCC(C)c1c(C)cccc1O. The molecule has 0 heterocycles. The number of phenolic OH excluding ortho intramolecular Hbond substituents is 1. The fourth-order valence-corrected chi connectivity index (χ4v) is 2.12. The molecule has 0 spiro atoms. The first-order valence-electron chi connectivity index (χ1n) is 6.10. The van der Waals surface area contributed by atoms with Gasteiger partial charge in [-0.1, -0.05) is 26.0 Å². The van der Waals surface area contributed by atoms with Crippen LogP contribution in [0.4, 0.5) is 0 Å². The summed E-state index contributed by atoms with van der Waals surface area (Å²) in [5, 5.41) is 9.85. The minimum absolute atomic E-state index is 0.286. The second kappa shape index (κ2) is 5.90. The van der Waals surface area contributed by atoms with Gasteiger partial charge in [0.05, 0.1) is 0 Å². The molecule has 0 saturated carbocycles. The van der Waals surface area contributed by atoms with E-state index in [1.54, 1.807) is 6.07 Å². The first-order chi connectivity index (χ1) is 7.56. The third-order valence-electron chi connectivity index (χ3n) is 3.29. The Morgan fingerprint density at radius 2 is 2.00 bits per heavy atom. The number of phenols is 1. The fourth-order valence-electron chi connectivity index (χ4n) is 2.12. The molecule has 16 heavy (non-hydrogen) atoms. The van der Waals surface area contributed by atoms with Crippen LogP contribution in [0.25, 0.3) is 0 Å². The predicted octanol–water partition coefficient (Wildman–Crippen LogP) is 3.32. The Kier molecular flexibility index (Phi) is 4.81. The zero-order valence-corrected chi connectivity index (χ0v) is 10.5. The highest BCUT2D eigenvalue weighted by atomic mass is 16.3. The summed E-state index contributed by atoms with van der Waals surface area (Å²) in [5.74, 6) is 0.788. The Balaban J connectivity index is 2.69. The molecule has 2 atom stereocenters. The molecule has 1 aromatic rings. The maximum Gasteiger partial charge on any atom is 0.119 e. The lowest BCUT2D eigenvalue weighted by atomic mass is 9.90. The second-order valence-electron chi connectivity index (χ2n) is 4.65. The van der Waals surface area contributed by atoms with E-state index in [0.717, 1.165) is 30.4 Å². The summed E-state index contributed by atoms with van der Waals surface area (Å²) in [5.41, 5.74) is 8.15. The van der Waals surface area contributed by atoms with Gasteiger partial charge in [0.2, 0.25) is 0 Å². The largest absolute Gasteiger partial charge is 0.508 e. The van der Waals surface area contributed by atoms with Crippen LogP contribution >= 0.6 is 0 Å². The number of aryl methyl sites for hydroxylation is 1. The summed E-state index contributed by atoms with van der Waals surface area (Å²) in [6, 6.07) is 5.98. The van der Waals surface area contributed by atoms with Crippen molar-refractivity contribution in [3.63, 3.8) is 0 Å². The summed E-state index contributed by atoms with van der Waals surface area (Å²) in [6.45, 7) is 6.32. The van der Waals surface area contributed by atoms with E-state index in [2.05, 4.69) is 13.8 Å². The number of benzene rings is 1. The van der Waals surface area contributed by atoms with Crippen LogP contribution in [0.3, 0.4) is 0 Å². The van der Waals surface area contributed by atoms with Crippen molar-refractivity contribution in [2.75, 3.05) is 0 Å². The van der Waals surface area contributed by atoms with Crippen LogP contribution in [-0.4, -0.2) is 11.1 Å². The standard InChI is InChI=1S/C14H23NO/c1-4-12(15)9-8-11(3)14-10(2)6-5-7-13(14)16/h5-7,11-12,16H,4,8-9,15H2,1-3H3. The van der Waals surface area contributed by atoms with Crippen molar-refractivity contribution in [3.05, 3.63) is 29.3 Å². The summed E-state index contributed by atoms with van der Waals surface area (Å²) in [6.07, 6.45) is 3.07. The Hall–Kier alpha value is -1.02. The zero-order valence-electron chi connectivity index (χ0n) is 10.5. The molecule has 0 radical (unpaired) electrons. The van der Waals surface area contributed by atoms with Crippen molar-refractivity contribution in [1.29, 1.82) is 0 Å². The van der Waals surface area contributed by atoms with E-state index >= 15 is 0 Å². The fraction of sp³-hybridized carbons (Fsp3) is 0.571. The van der Waals surface area contributed by atoms with Crippen LogP contribution in [0.2, 0.25) is 0 Å². The van der Waals surface area contributed by atoms with Gasteiger partial charge in [-0.3, -0.25) is 0 Å². The molecule has 1 aromatic carbocycles. The number of hydrogen-bond donors (Lipinski definition) is 2. The first kappa shape index (κ1) is 13.0. The number of nitrogens with two attached hydrogens (primary N) is 1. The van der Waals surface area contributed by atoms with E-state index in [-0.39, 0.29) is 6.04 Å². The first-order valence-corrected chi connectivity index (χ1v) is 6.10. The molecule has 0 bridgehead atoms. The van der Waals surface area contributed by atoms with Crippen molar-refractivity contribution in [2.24, 2.45) is 5.73 Å². The van der Waals surface area contributed by atoms with Crippen LogP contribution in [0.15, 0.2) is 18.2 Å². The van der Waals surface area contributed by atoms with Gasteiger partial charge in [0.15, 0.2) is 0 Å². The summed E-state index contributed by atoms with van der Waals surface area (Å²) < 4.78 is 0. The maximum absolute atomic E-state index is 9.85. The average Bonchev–Trinajstić information content (AvgIpc) is 2.25. The van der Waals surface area contributed by atoms with Crippen LogP contribution < -0.4 is 5.73 Å². The number of aromatic hydroxyl groups is 1. The van der Waals surface area contributed by atoms with E-state index in [9.17, 15) is 5.11 Å². The lowest BCUT2D eigenvalue weighted by molar-refractivity contribution is 0.453. The van der Waals surface area contributed by atoms with Crippen molar-refractivity contribution in [1.82, 2.24) is 0 Å². The molecule has 3 N–H and O–H groups in total. The third-order valence-corrected chi connectivity index (χ3v) is 3.29. The van der Waals surface area contributed by atoms with E-state index in [1.165, 1.54) is 0 Å². The second-order valence-corrected chi connectivity index (χ2v) is 4.65. The molecular formula is C14H23NO. The van der Waals surface area contributed by atoms with Crippen molar-refractivity contribution < 1.29 is 5.11 Å². The van der Waals surface area contributed by atoms with E-state index in [0.29, 0.717) is 11.7 Å². The van der Waals surface area contributed by atoms with E-state index < -0.39 is 0 Å². The smallest absolute Gasteiger partial charge is 0.119 e. The molecule has 0 aliphatic heterocycles. The van der Waals surface area contributed by atoms with Crippen molar-refractivity contribution in [3.8, 4) is 5.75 Å². The van der Waals surface area contributed by atoms with Crippen LogP contribution in [0.1, 0.15) is 50.2 Å². The van der Waals surface area contributed by atoms with Gasteiger partial charge in [-0.25, -0.2) is 0 Å². The normalized spacial score (nSPS) is 14.8. The quantitative estimate of drug-likeness (QED) is 0.801. The van der Waals surface area contributed by atoms with Crippen molar-refractivity contribution >= 4 is 0 Å². The van der Waals surface area contributed by atoms with Gasteiger partial charge in [-0.05, 0) is 49.3 Å². The molecule has 0 aliphatic carbocycles. The van der Waals surface area contributed by atoms with Crippen molar-refractivity contribution in [2.45, 2.75) is 52.0 Å². The minimum atomic E-state index is 0.286. The van der Waals surface area contributed by atoms with Gasteiger partial charge in [0.1, 0.15) is 5.75 Å². The van der Waals surface area contributed by atoms with Crippen LogP contribution in [-0.2, 0) is 0 Å². The highest BCUT2D eigenvalue weighted by Gasteiger charge is 2.13. The maximum atomic E-state index is 9.85. The Morgan fingerprint density at radius 1 is 1.31 bits per heavy atom. The number of hydrogen-bond acceptors (Lipinski definition) is 2. The van der Waals surface area contributed by atoms with Crippen LogP contribution in [0, 0.1) is 6.92 Å². The molecule has 90 valence electrons. The topological polar surface area (TPSA) is 46.2 Å². The van der Waals surface area contributed by atoms with Gasteiger partial charge >= 0.3 is 0 Å². The molecule has 0 saturated heterocycles. The van der Waals surface area contributed by atoms with Gasteiger partial charge in [0.25, 0.3) is 0 Å². The Bertz CT molecular complexity index is 315. The van der Waals surface area contributed by atoms with E-state index in [1.807, 2.05) is 19.1 Å². The summed E-state index contributed by atoms with van der Waals surface area (Å²) in [7, 11) is 0. The highest BCUT2D eigenvalue weighted by Crippen LogP contribution is 2.31. The molecule has 2 heteroatoms.